The molecule has 5 heteroatoms. The lowest BCUT2D eigenvalue weighted by Gasteiger charge is -2.21. The van der Waals surface area contributed by atoms with Crippen molar-refractivity contribution in [2.75, 3.05) is 21.3 Å². The van der Waals surface area contributed by atoms with E-state index in [0.717, 1.165) is 5.56 Å². The highest BCUT2D eigenvalue weighted by molar-refractivity contribution is 5.85. The van der Waals surface area contributed by atoms with Gasteiger partial charge < -0.3 is 19.9 Å². The molecule has 2 N–H and O–H groups in total. The first kappa shape index (κ1) is 16.9. The van der Waals surface area contributed by atoms with Gasteiger partial charge in [0.05, 0.1) is 21.3 Å². The van der Waals surface area contributed by atoms with Crippen molar-refractivity contribution in [2.24, 2.45) is 11.7 Å². The summed E-state index contributed by atoms with van der Waals surface area (Å²) >= 11 is 0. The maximum absolute atomic E-state index is 6.39. The number of benzene rings is 1. The third-order valence-corrected chi connectivity index (χ3v) is 3.98. The summed E-state index contributed by atoms with van der Waals surface area (Å²) in [7, 11) is 4.86. The van der Waals surface area contributed by atoms with Crippen LogP contribution in [0.15, 0.2) is 12.1 Å². The average molecular weight is 302 g/mol. The zero-order chi connectivity index (χ0) is 13.8. The molecule has 2 rings (SSSR count). The minimum atomic E-state index is 0. The van der Waals surface area contributed by atoms with Gasteiger partial charge in [-0.15, -0.1) is 12.4 Å². The number of hydrogen-bond acceptors (Lipinski definition) is 4. The Labute approximate surface area is 127 Å². The van der Waals surface area contributed by atoms with Gasteiger partial charge in [-0.1, -0.05) is 12.8 Å². The van der Waals surface area contributed by atoms with Crippen molar-refractivity contribution in [1.82, 2.24) is 0 Å². The molecule has 1 saturated carbocycles. The van der Waals surface area contributed by atoms with Crippen molar-refractivity contribution in [3.63, 3.8) is 0 Å². The first-order chi connectivity index (χ1) is 9.21. The van der Waals surface area contributed by atoms with Gasteiger partial charge in [0.25, 0.3) is 0 Å². The minimum Gasteiger partial charge on any atom is -0.493 e. The lowest BCUT2D eigenvalue weighted by atomic mass is 9.92. The molecule has 0 saturated heterocycles. The van der Waals surface area contributed by atoms with E-state index in [2.05, 4.69) is 0 Å². The van der Waals surface area contributed by atoms with Gasteiger partial charge in [-0.3, -0.25) is 0 Å². The summed E-state index contributed by atoms with van der Waals surface area (Å²) in [6.07, 6.45) is 4.97. The largest absolute Gasteiger partial charge is 0.493 e. The van der Waals surface area contributed by atoms with Gasteiger partial charge in [0.2, 0.25) is 5.75 Å². The molecule has 1 fully saturated rings. The molecule has 1 aliphatic rings. The van der Waals surface area contributed by atoms with Crippen LogP contribution >= 0.6 is 12.4 Å². The van der Waals surface area contributed by atoms with Crippen LogP contribution < -0.4 is 19.9 Å². The molecule has 1 atom stereocenters. The van der Waals surface area contributed by atoms with E-state index < -0.39 is 0 Å². The zero-order valence-electron chi connectivity index (χ0n) is 12.3. The molecule has 0 spiro atoms. The normalized spacial score (nSPS) is 16.4. The number of rotatable bonds is 5. The van der Waals surface area contributed by atoms with Crippen LogP contribution in [0, 0.1) is 5.92 Å². The summed E-state index contributed by atoms with van der Waals surface area (Å²) < 4.78 is 16.1. The lowest BCUT2D eigenvalue weighted by molar-refractivity contribution is 0.322. The maximum atomic E-state index is 6.39. The Morgan fingerprint density at radius 3 is 1.90 bits per heavy atom. The van der Waals surface area contributed by atoms with E-state index in [-0.39, 0.29) is 18.4 Å². The molecule has 0 amide bonds. The third kappa shape index (κ3) is 3.30. The van der Waals surface area contributed by atoms with E-state index in [1.165, 1.54) is 25.7 Å². The highest BCUT2D eigenvalue weighted by Crippen LogP contribution is 2.42. The Kier molecular flexibility index (Phi) is 6.43. The van der Waals surface area contributed by atoms with Gasteiger partial charge in [0.1, 0.15) is 0 Å². The van der Waals surface area contributed by atoms with Crippen molar-refractivity contribution in [3.05, 3.63) is 17.7 Å². The van der Waals surface area contributed by atoms with Gasteiger partial charge in [-0.25, -0.2) is 0 Å². The molecule has 1 aliphatic carbocycles. The summed E-state index contributed by atoms with van der Waals surface area (Å²) in [6, 6.07) is 3.96. The van der Waals surface area contributed by atoms with Crippen LogP contribution in [0.4, 0.5) is 0 Å². The molecule has 114 valence electrons. The van der Waals surface area contributed by atoms with Crippen molar-refractivity contribution >= 4 is 12.4 Å². The maximum Gasteiger partial charge on any atom is 0.203 e. The Morgan fingerprint density at radius 1 is 1.00 bits per heavy atom. The summed E-state index contributed by atoms with van der Waals surface area (Å²) in [5.74, 6) is 2.52. The monoisotopic (exact) mass is 301 g/mol. The second-order valence-electron chi connectivity index (χ2n) is 5.03. The number of ether oxygens (including phenoxy) is 3. The fraction of sp³-hybridized carbons (Fsp3) is 0.600. The van der Waals surface area contributed by atoms with Gasteiger partial charge in [0.15, 0.2) is 11.5 Å². The highest BCUT2D eigenvalue weighted by atomic mass is 35.5. The molecule has 0 aliphatic heterocycles. The number of halogens is 1. The molecule has 0 aromatic heterocycles. The number of methoxy groups -OCH3 is 3. The zero-order valence-corrected chi connectivity index (χ0v) is 13.2. The Hall–Kier alpha value is -1.13. The van der Waals surface area contributed by atoms with E-state index in [4.69, 9.17) is 19.9 Å². The molecule has 1 aromatic carbocycles. The molecule has 0 bridgehead atoms. The standard InChI is InChI=1S/C15H23NO3.ClH/c1-17-12-8-11(9-13(18-2)15(12)19-3)14(16)10-6-4-5-7-10;/h8-10,14H,4-7,16H2,1-3H3;1H/t14-;/m0./s1. The molecule has 4 nitrogen and oxygen atoms in total. The van der Waals surface area contributed by atoms with Crippen LogP contribution in [-0.2, 0) is 0 Å². The first-order valence-electron chi connectivity index (χ1n) is 6.76. The van der Waals surface area contributed by atoms with E-state index in [1.54, 1.807) is 21.3 Å². The van der Waals surface area contributed by atoms with Gasteiger partial charge in [0, 0.05) is 6.04 Å². The highest BCUT2D eigenvalue weighted by Gasteiger charge is 2.25. The van der Waals surface area contributed by atoms with E-state index in [0.29, 0.717) is 23.2 Å². The van der Waals surface area contributed by atoms with Crippen LogP contribution in [0.3, 0.4) is 0 Å². The molecule has 1 aromatic rings. The quantitative estimate of drug-likeness (QED) is 0.906. The van der Waals surface area contributed by atoms with Crippen LogP contribution in [0.5, 0.6) is 17.2 Å². The second-order valence-corrected chi connectivity index (χ2v) is 5.03. The number of nitrogens with two attached hydrogens (primary N) is 1. The van der Waals surface area contributed by atoms with E-state index >= 15 is 0 Å². The van der Waals surface area contributed by atoms with Crippen LogP contribution in [0.2, 0.25) is 0 Å². The Morgan fingerprint density at radius 2 is 1.50 bits per heavy atom. The predicted octanol–water partition coefficient (Wildman–Crippen LogP) is 3.32. The molecule has 0 heterocycles. The SMILES string of the molecule is COc1cc([C@@H](N)C2CCCC2)cc(OC)c1OC.Cl. The van der Waals surface area contributed by atoms with Crippen LogP contribution in [-0.4, -0.2) is 21.3 Å². The number of hydrogen-bond donors (Lipinski definition) is 1. The van der Waals surface area contributed by atoms with Gasteiger partial charge >= 0.3 is 0 Å². The topological polar surface area (TPSA) is 53.7 Å². The van der Waals surface area contributed by atoms with Crippen LogP contribution in [0.25, 0.3) is 0 Å². The Balaban J connectivity index is 0.00000200. The Bertz CT molecular complexity index is 408. The third-order valence-electron chi connectivity index (χ3n) is 3.98. The van der Waals surface area contributed by atoms with E-state index in [9.17, 15) is 0 Å². The van der Waals surface area contributed by atoms with Crippen molar-refractivity contribution in [2.45, 2.75) is 31.7 Å². The fourth-order valence-electron chi connectivity index (χ4n) is 2.88. The first-order valence-corrected chi connectivity index (χ1v) is 6.76. The molecule has 0 unspecified atom stereocenters. The summed E-state index contributed by atoms with van der Waals surface area (Å²) in [5, 5.41) is 0. The fourth-order valence-corrected chi connectivity index (χ4v) is 2.88. The predicted molar refractivity (Wildman–Crippen MR) is 82.2 cm³/mol. The van der Waals surface area contributed by atoms with Gasteiger partial charge in [-0.2, -0.15) is 0 Å². The minimum absolute atomic E-state index is 0. The van der Waals surface area contributed by atoms with Crippen LogP contribution in [0.1, 0.15) is 37.3 Å². The molecule has 20 heavy (non-hydrogen) atoms. The van der Waals surface area contributed by atoms with Crippen molar-refractivity contribution in [3.8, 4) is 17.2 Å². The summed E-state index contributed by atoms with van der Waals surface area (Å²) in [5.41, 5.74) is 7.44. The smallest absolute Gasteiger partial charge is 0.203 e. The van der Waals surface area contributed by atoms with Gasteiger partial charge in [-0.05, 0) is 36.5 Å². The summed E-state index contributed by atoms with van der Waals surface area (Å²) in [6.45, 7) is 0. The van der Waals surface area contributed by atoms with Crippen molar-refractivity contribution < 1.29 is 14.2 Å². The molecule has 0 radical (unpaired) electrons. The van der Waals surface area contributed by atoms with E-state index in [1.807, 2.05) is 12.1 Å². The molecular formula is C15H24ClNO3. The average Bonchev–Trinajstić information content (AvgIpc) is 2.98. The molecular weight excluding hydrogens is 278 g/mol. The summed E-state index contributed by atoms with van der Waals surface area (Å²) in [4.78, 5) is 0. The lowest BCUT2D eigenvalue weighted by Crippen LogP contribution is -2.19. The second kappa shape index (κ2) is 7.60. The van der Waals surface area contributed by atoms with Crippen molar-refractivity contribution in [1.29, 1.82) is 0 Å².